The van der Waals surface area contributed by atoms with Gasteiger partial charge in [-0.05, 0) is 67.5 Å². The van der Waals surface area contributed by atoms with E-state index in [9.17, 15) is 4.39 Å². The van der Waals surface area contributed by atoms with Gasteiger partial charge >= 0.3 is 0 Å². The first kappa shape index (κ1) is 15.4. The van der Waals surface area contributed by atoms with E-state index in [4.69, 9.17) is 11.6 Å². The van der Waals surface area contributed by atoms with Gasteiger partial charge in [0.15, 0.2) is 0 Å². The van der Waals surface area contributed by atoms with Crippen LogP contribution < -0.4 is 5.32 Å². The minimum Gasteiger partial charge on any atom is -0.306 e. The molecule has 1 aromatic heterocycles. The minimum atomic E-state index is -0.274. The van der Waals surface area contributed by atoms with Crippen molar-refractivity contribution < 1.29 is 4.39 Å². The normalized spacial score (nSPS) is 12.7. The molecule has 1 atom stereocenters. The smallest absolute Gasteiger partial charge is 0.129 e. The van der Waals surface area contributed by atoms with Gasteiger partial charge in [-0.3, -0.25) is 0 Å². The molecule has 1 unspecified atom stereocenters. The zero-order valence-electron chi connectivity index (χ0n) is 10.0. The molecule has 0 amide bonds. The molecule has 2 rings (SSSR count). The summed E-state index contributed by atoms with van der Waals surface area (Å²) in [5.74, 6) is -0.274. The molecule has 0 aliphatic rings. The van der Waals surface area contributed by atoms with Crippen LogP contribution >= 0.6 is 54.8 Å². The van der Waals surface area contributed by atoms with E-state index in [1.807, 2.05) is 18.4 Å². The van der Waals surface area contributed by atoms with Gasteiger partial charge < -0.3 is 5.32 Å². The Balaban J connectivity index is 2.47. The molecule has 0 radical (unpaired) electrons. The van der Waals surface area contributed by atoms with Gasteiger partial charge in [0.2, 0.25) is 0 Å². The van der Waals surface area contributed by atoms with E-state index in [0.717, 1.165) is 15.9 Å². The van der Waals surface area contributed by atoms with E-state index in [0.29, 0.717) is 15.1 Å². The van der Waals surface area contributed by atoms with Gasteiger partial charge in [0, 0.05) is 10.0 Å². The molecule has 0 aliphatic heterocycles. The Morgan fingerprint density at radius 2 is 2.11 bits per heavy atom. The molecule has 0 spiro atoms. The Labute approximate surface area is 137 Å². The van der Waals surface area contributed by atoms with Crippen molar-refractivity contribution in [1.29, 1.82) is 0 Å². The average molecular weight is 428 g/mol. The molecule has 6 heteroatoms. The van der Waals surface area contributed by atoms with Gasteiger partial charge in [0.25, 0.3) is 0 Å². The van der Waals surface area contributed by atoms with Crippen molar-refractivity contribution in [2.75, 3.05) is 6.54 Å². The first-order valence-electron chi connectivity index (χ1n) is 5.64. The summed E-state index contributed by atoms with van der Waals surface area (Å²) in [6.45, 7) is 2.73. The maximum Gasteiger partial charge on any atom is 0.129 e. The highest BCUT2D eigenvalue weighted by Gasteiger charge is 2.19. The molecule has 102 valence electrons. The van der Waals surface area contributed by atoms with Crippen LogP contribution in [0.1, 0.15) is 24.1 Å². The van der Waals surface area contributed by atoms with Crippen LogP contribution in [0.4, 0.5) is 4.39 Å². The summed E-state index contributed by atoms with van der Waals surface area (Å²) >= 11 is 14.3. The molecular weight excluding hydrogens is 416 g/mol. The van der Waals surface area contributed by atoms with Crippen LogP contribution in [0.25, 0.3) is 0 Å². The van der Waals surface area contributed by atoms with Crippen LogP contribution in [0.2, 0.25) is 5.02 Å². The number of nitrogens with one attached hydrogen (secondary N) is 1. The van der Waals surface area contributed by atoms with Crippen molar-refractivity contribution in [3.05, 3.63) is 53.8 Å². The minimum absolute atomic E-state index is 0.196. The second-order valence-electron chi connectivity index (χ2n) is 3.96. The monoisotopic (exact) mass is 425 g/mol. The molecule has 1 aromatic carbocycles. The molecule has 19 heavy (non-hydrogen) atoms. The van der Waals surface area contributed by atoms with Gasteiger partial charge in [-0.15, -0.1) is 11.3 Å². The number of rotatable bonds is 4. The van der Waals surface area contributed by atoms with Gasteiger partial charge in [-0.25, -0.2) is 4.39 Å². The quantitative estimate of drug-likeness (QED) is 0.612. The standard InChI is InChI=1S/C13H11Br2ClFNS/c1-2-18-13(7-3-12(15)19-6-7)8-4-10(16)9(14)5-11(8)17/h3-6,13,18H,2H2,1H3. The van der Waals surface area contributed by atoms with Crippen LogP contribution in [0, 0.1) is 5.82 Å². The van der Waals surface area contributed by atoms with Crippen molar-refractivity contribution in [1.82, 2.24) is 5.32 Å². The summed E-state index contributed by atoms with van der Waals surface area (Å²) in [5.41, 5.74) is 1.58. The Hall–Kier alpha value is 0.0600. The highest BCUT2D eigenvalue weighted by molar-refractivity contribution is 9.11. The predicted molar refractivity (Wildman–Crippen MR) is 86.6 cm³/mol. The summed E-state index contributed by atoms with van der Waals surface area (Å²) in [4.78, 5) is 0. The van der Waals surface area contributed by atoms with E-state index in [2.05, 4.69) is 37.2 Å². The average Bonchev–Trinajstić information content (AvgIpc) is 2.78. The van der Waals surface area contributed by atoms with E-state index in [-0.39, 0.29) is 11.9 Å². The first-order chi connectivity index (χ1) is 9.02. The maximum absolute atomic E-state index is 14.2. The van der Waals surface area contributed by atoms with Gasteiger partial charge in [-0.2, -0.15) is 0 Å². The fraction of sp³-hybridized carbons (Fsp3) is 0.231. The van der Waals surface area contributed by atoms with Gasteiger partial charge in [0.1, 0.15) is 5.82 Å². The zero-order chi connectivity index (χ0) is 14.0. The van der Waals surface area contributed by atoms with E-state index < -0.39 is 0 Å². The van der Waals surface area contributed by atoms with E-state index in [1.165, 1.54) is 6.07 Å². The zero-order valence-corrected chi connectivity index (χ0v) is 14.8. The van der Waals surface area contributed by atoms with Crippen molar-refractivity contribution in [3.63, 3.8) is 0 Å². The third-order valence-electron chi connectivity index (χ3n) is 2.68. The number of hydrogen-bond acceptors (Lipinski definition) is 2. The molecular formula is C13H11Br2ClFNS. The fourth-order valence-electron chi connectivity index (χ4n) is 1.85. The highest BCUT2D eigenvalue weighted by atomic mass is 79.9. The number of halogens is 4. The molecule has 0 saturated carbocycles. The predicted octanol–water partition coefficient (Wildman–Crippen LogP) is 5.76. The lowest BCUT2D eigenvalue weighted by Crippen LogP contribution is -2.22. The first-order valence-corrected chi connectivity index (χ1v) is 8.49. The third kappa shape index (κ3) is 3.58. The van der Waals surface area contributed by atoms with Crippen LogP contribution in [0.15, 0.2) is 31.8 Å². The van der Waals surface area contributed by atoms with Crippen LogP contribution in [0.3, 0.4) is 0 Å². The number of benzene rings is 1. The topological polar surface area (TPSA) is 12.0 Å². The summed E-state index contributed by atoms with van der Waals surface area (Å²) in [7, 11) is 0. The summed E-state index contributed by atoms with van der Waals surface area (Å²) < 4.78 is 15.7. The summed E-state index contributed by atoms with van der Waals surface area (Å²) in [6, 6.07) is 4.87. The lowest BCUT2D eigenvalue weighted by atomic mass is 10.0. The van der Waals surface area contributed by atoms with Crippen molar-refractivity contribution in [2.24, 2.45) is 0 Å². The summed E-state index contributed by atoms with van der Waals surface area (Å²) in [6.07, 6.45) is 0. The van der Waals surface area contributed by atoms with Crippen molar-refractivity contribution in [2.45, 2.75) is 13.0 Å². The second-order valence-corrected chi connectivity index (χ2v) is 7.51. The van der Waals surface area contributed by atoms with E-state index in [1.54, 1.807) is 17.4 Å². The Bertz CT molecular complexity index is 588. The lowest BCUT2D eigenvalue weighted by molar-refractivity contribution is 0.559. The molecule has 0 aliphatic carbocycles. The van der Waals surface area contributed by atoms with Crippen LogP contribution in [-0.4, -0.2) is 6.54 Å². The summed E-state index contributed by atoms with van der Waals surface area (Å²) in [5, 5.41) is 5.80. The maximum atomic E-state index is 14.2. The molecule has 0 saturated heterocycles. The molecule has 1 heterocycles. The van der Waals surface area contributed by atoms with Gasteiger partial charge in [0.05, 0.1) is 14.9 Å². The number of thiophene rings is 1. The largest absolute Gasteiger partial charge is 0.306 e. The van der Waals surface area contributed by atoms with Crippen LogP contribution in [-0.2, 0) is 0 Å². The molecule has 2 aromatic rings. The Morgan fingerprint density at radius 1 is 1.37 bits per heavy atom. The Kier molecular flexibility index (Phi) is 5.43. The van der Waals surface area contributed by atoms with Gasteiger partial charge in [-0.1, -0.05) is 18.5 Å². The van der Waals surface area contributed by atoms with Crippen molar-refractivity contribution in [3.8, 4) is 0 Å². The van der Waals surface area contributed by atoms with Crippen LogP contribution in [0.5, 0.6) is 0 Å². The Morgan fingerprint density at radius 3 is 2.68 bits per heavy atom. The molecule has 0 bridgehead atoms. The number of hydrogen-bond donors (Lipinski definition) is 1. The molecule has 1 nitrogen and oxygen atoms in total. The molecule has 0 fully saturated rings. The molecule has 1 N–H and O–H groups in total. The van der Waals surface area contributed by atoms with Crippen molar-refractivity contribution >= 4 is 54.8 Å². The van der Waals surface area contributed by atoms with E-state index >= 15 is 0 Å². The third-order valence-corrected chi connectivity index (χ3v) is 5.40. The fourth-order valence-corrected chi connectivity index (χ4v) is 3.53. The highest BCUT2D eigenvalue weighted by Crippen LogP contribution is 2.34. The second kappa shape index (κ2) is 6.68. The SMILES string of the molecule is CCNC(c1csc(Br)c1)c1cc(Cl)c(Br)cc1F. The lowest BCUT2D eigenvalue weighted by Gasteiger charge is -2.18.